The van der Waals surface area contributed by atoms with E-state index in [1.54, 1.807) is 48.5 Å². The number of alkyl halides is 3. The van der Waals surface area contributed by atoms with Crippen molar-refractivity contribution in [3.8, 4) is 22.6 Å². The van der Waals surface area contributed by atoms with Crippen molar-refractivity contribution in [3.05, 3.63) is 66.6 Å². The first-order valence-corrected chi connectivity index (χ1v) is 11.5. The zero-order valence-corrected chi connectivity index (χ0v) is 19.5. The Labute approximate surface area is 209 Å². The fraction of sp³-hybridized carbons (Fsp3) is 0.240. The molecular formula is C25H20F3N7O2. The molecule has 6 heterocycles. The molecule has 2 aliphatic rings. The molecule has 188 valence electrons. The van der Waals surface area contributed by atoms with Gasteiger partial charge < -0.3 is 9.32 Å². The summed E-state index contributed by atoms with van der Waals surface area (Å²) in [6.07, 6.45) is 0.414. The smallest absolute Gasteiger partial charge is 0.433 e. The number of hydrogen-bond acceptors (Lipinski definition) is 7. The molecule has 1 atom stereocenters. The van der Waals surface area contributed by atoms with E-state index in [-0.39, 0.29) is 11.6 Å². The minimum absolute atomic E-state index is 0.140. The Hall–Kier alpha value is -4.48. The van der Waals surface area contributed by atoms with E-state index in [0.29, 0.717) is 41.1 Å². The first kappa shape index (κ1) is 23.0. The van der Waals surface area contributed by atoms with Crippen LogP contribution in [0.15, 0.2) is 59.4 Å². The maximum Gasteiger partial charge on any atom is 0.433 e. The number of amides is 2. The predicted molar refractivity (Wildman–Crippen MR) is 129 cm³/mol. The molecule has 1 fully saturated rings. The van der Waals surface area contributed by atoms with E-state index in [0.717, 1.165) is 30.9 Å². The molecular weight excluding hydrogens is 487 g/mol. The number of hydrogen-bond donors (Lipinski definition) is 1. The molecule has 0 saturated carbocycles. The van der Waals surface area contributed by atoms with Crippen LogP contribution in [0.2, 0.25) is 0 Å². The van der Waals surface area contributed by atoms with Gasteiger partial charge in [-0.25, -0.2) is 19.7 Å². The number of carbonyl (C=O) groups is 1. The number of aryl methyl sites for hydroxylation is 1. The van der Waals surface area contributed by atoms with Gasteiger partial charge in [0.1, 0.15) is 11.5 Å². The third kappa shape index (κ3) is 4.24. The first-order valence-electron chi connectivity index (χ1n) is 11.5. The first-order chi connectivity index (χ1) is 17.8. The van der Waals surface area contributed by atoms with Crippen LogP contribution >= 0.6 is 0 Å². The number of urea groups is 1. The van der Waals surface area contributed by atoms with Crippen molar-refractivity contribution in [3.63, 3.8) is 0 Å². The number of carbonyl (C=O) groups excluding carboxylic acids is 1. The molecule has 6 rings (SSSR count). The SMILES string of the molecule is Cc1ncc(-c2ccnc(NC(=O)N3c4nc(-c5ccnc(C(F)(F)F)c5)ccc4N4CC[C@H]3C4)c2)o1. The molecule has 0 spiro atoms. The fourth-order valence-electron chi connectivity index (χ4n) is 4.69. The van der Waals surface area contributed by atoms with Gasteiger partial charge in [-0.2, -0.15) is 13.2 Å². The molecule has 4 aromatic rings. The van der Waals surface area contributed by atoms with Gasteiger partial charge in [-0.15, -0.1) is 0 Å². The lowest BCUT2D eigenvalue weighted by Gasteiger charge is -2.35. The minimum Gasteiger partial charge on any atom is -0.441 e. The van der Waals surface area contributed by atoms with E-state index in [1.807, 2.05) is 0 Å². The molecule has 1 N–H and O–H groups in total. The third-order valence-corrected chi connectivity index (χ3v) is 6.42. The van der Waals surface area contributed by atoms with Gasteiger partial charge in [0, 0.05) is 43.5 Å². The molecule has 2 amide bonds. The Morgan fingerprint density at radius 2 is 1.89 bits per heavy atom. The molecule has 0 unspecified atom stereocenters. The van der Waals surface area contributed by atoms with Gasteiger partial charge in [0.05, 0.1) is 23.6 Å². The Bertz CT molecular complexity index is 1500. The highest BCUT2D eigenvalue weighted by Gasteiger charge is 2.40. The topological polar surface area (TPSA) is 100 Å². The molecule has 9 nitrogen and oxygen atoms in total. The van der Waals surface area contributed by atoms with E-state index in [9.17, 15) is 18.0 Å². The van der Waals surface area contributed by atoms with Gasteiger partial charge in [-0.1, -0.05) is 0 Å². The number of halogens is 3. The average molecular weight is 507 g/mol. The number of oxazole rings is 1. The summed E-state index contributed by atoms with van der Waals surface area (Å²) < 4.78 is 45.2. The van der Waals surface area contributed by atoms with Crippen molar-refractivity contribution in [1.29, 1.82) is 0 Å². The van der Waals surface area contributed by atoms with Crippen LogP contribution in [0.3, 0.4) is 0 Å². The second-order valence-corrected chi connectivity index (χ2v) is 8.83. The van der Waals surface area contributed by atoms with Gasteiger partial charge in [0.25, 0.3) is 0 Å². The summed E-state index contributed by atoms with van der Waals surface area (Å²) >= 11 is 0. The fourth-order valence-corrected chi connectivity index (χ4v) is 4.69. The normalized spacial score (nSPS) is 16.6. The molecule has 2 aliphatic heterocycles. The van der Waals surface area contributed by atoms with E-state index >= 15 is 0 Å². The number of fused-ring (bicyclic) bond motifs is 4. The quantitative estimate of drug-likeness (QED) is 0.409. The minimum atomic E-state index is -4.58. The van der Waals surface area contributed by atoms with Crippen LogP contribution < -0.4 is 15.1 Å². The lowest BCUT2D eigenvalue weighted by atomic mass is 10.1. The van der Waals surface area contributed by atoms with Crippen molar-refractivity contribution >= 4 is 23.4 Å². The molecule has 0 aromatic carbocycles. The van der Waals surface area contributed by atoms with E-state index in [4.69, 9.17) is 4.42 Å². The maximum atomic E-state index is 13.5. The number of pyridine rings is 3. The van der Waals surface area contributed by atoms with Crippen LogP contribution in [-0.2, 0) is 6.18 Å². The summed E-state index contributed by atoms with van der Waals surface area (Å²) in [4.78, 5) is 33.6. The lowest BCUT2D eigenvalue weighted by molar-refractivity contribution is -0.141. The van der Waals surface area contributed by atoms with Crippen molar-refractivity contribution in [2.45, 2.75) is 25.6 Å². The number of rotatable bonds is 3. The molecule has 37 heavy (non-hydrogen) atoms. The highest BCUT2D eigenvalue weighted by molar-refractivity contribution is 6.04. The predicted octanol–water partition coefficient (Wildman–Crippen LogP) is 5.15. The maximum absolute atomic E-state index is 13.5. The highest BCUT2D eigenvalue weighted by Crippen LogP contribution is 2.41. The van der Waals surface area contributed by atoms with Crippen molar-refractivity contribution in [2.24, 2.45) is 0 Å². The Balaban J connectivity index is 1.33. The number of nitrogens with zero attached hydrogens (tertiary/aromatic N) is 6. The van der Waals surface area contributed by atoms with Crippen LogP contribution in [0.1, 0.15) is 18.0 Å². The molecule has 2 bridgehead atoms. The second-order valence-electron chi connectivity index (χ2n) is 8.83. The summed E-state index contributed by atoms with van der Waals surface area (Å²) in [7, 11) is 0. The summed E-state index contributed by atoms with van der Waals surface area (Å²) in [5.74, 6) is 1.77. The number of nitrogens with one attached hydrogen (secondary N) is 1. The van der Waals surface area contributed by atoms with Crippen molar-refractivity contribution in [1.82, 2.24) is 19.9 Å². The molecule has 1 saturated heterocycles. The van der Waals surface area contributed by atoms with E-state index < -0.39 is 17.9 Å². The number of aromatic nitrogens is 4. The molecule has 4 aromatic heterocycles. The van der Waals surface area contributed by atoms with Gasteiger partial charge in [-0.3, -0.25) is 15.2 Å². The second kappa shape index (κ2) is 8.57. The lowest BCUT2D eigenvalue weighted by Crippen LogP contribution is -2.48. The summed E-state index contributed by atoms with van der Waals surface area (Å²) in [5.41, 5.74) is 1.02. The van der Waals surface area contributed by atoms with E-state index in [2.05, 4.69) is 30.2 Å². The Kier molecular flexibility index (Phi) is 5.32. The summed E-state index contributed by atoms with van der Waals surface area (Å²) in [6, 6.07) is 8.73. The van der Waals surface area contributed by atoms with Gasteiger partial charge in [0.15, 0.2) is 17.5 Å². The summed E-state index contributed by atoms with van der Waals surface area (Å²) in [5, 5.41) is 2.84. The molecule has 0 aliphatic carbocycles. The number of anilines is 3. The highest BCUT2D eigenvalue weighted by atomic mass is 19.4. The van der Waals surface area contributed by atoms with Crippen LogP contribution in [0.25, 0.3) is 22.6 Å². The zero-order chi connectivity index (χ0) is 25.7. The molecule has 12 heteroatoms. The standard InChI is InChI=1S/C25H20F3N7O2/c1-14-31-12-20(37-14)16-5-8-30-22(11-16)33-24(36)35-17-6-9-34(13-17)19-3-2-18(32-23(19)35)15-4-7-29-21(10-15)25(26,27)28/h2-5,7-8,10-12,17H,6,9,13H2,1H3,(H,30,33,36)/t17-/m0/s1. The van der Waals surface area contributed by atoms with Gasteiger partial charge >= 0.3 is 12.2 Å². The molecule has 0 radical (unpaired) electrons. The van der Waals surface area contributed by atoms with Crippen LogP contribution in [-0.4, -0.2) is 45.1 Å². The van der Waals surface area contributed by atoms with Gasteiger partial charge in [-0.05, 0) is 42.8 Å². The van der Waals surface area contributed by atoms with Crippen molar-refractivity contribution in [2.75, 3.05) is 28.2 Å². The van der Waals surface area contributed by atoms with Crippen LogP contribution in [0.5, 0.6) is 0 Å². The average Bonchev–Trinajstić information content (AvgIpc) is 3.51. The third-order valence-electron chi connectivity index (χ3n) is 6.42. The van der Waals surface area contributed by atoms with Gasteiger partial charge in [0.2, 0.25) is 0 Å². The monoisotopic (exact) mass is 507 g/mol. The summed E-state index contributed by atoms with van der Waals surface area (Å²) in [6.45, 7) is 3.12. The zero-order valence-electron chi connectivity index (χ0n) is 19.5. The van der Waals surface area contributed by atoms with Crippen LogP contribution in [0, 0.1) is 6.92 Å². The Morgan fingerprint density at radius 3 is 2.68 bits per heavy atom. The van der Waals surface area contributed by atoms with E-state index in [1.165, 1.54) is 6.07 Å². The Morgan fingerprint density at radius 1 is 1.08 bits per heavy atom. The van der Waals surface area contributed by atoms with Crippen molar-refractivity contribution < 1.29 is 22.4 Å². The van der Waals surface area contributed by atoms with Crippen LogP contribution in [0.4, 0.5) is 35.3 Å². The largest absolute Gasteiger partial charge is 0.441 e.